The molecule has 26 heavy (non-hydrogen) atoms. The molecule has 1 aliphatic rings. The van der Waals surface area contributed by atoms with Gasteiger partial charge in [-0.2, -0.15) is 5.10 Å². The summed E-state index contributed by atoms with van der Waals surface area (Å²) < 4.78 is 2.34. The lowest BCUT2D eigenvalue weighted by Gasteiger charge is -2.27. The van der Waals surface area contributed by atoms with Crippen molar-refractivity contribution in [3.63, 3.8) is 0 Å². The lowest BCUT2D eigenvalue weighted by molar-refractivity contribution is 0.257. The highest BCUT2D eigenvalue weighted by molar-refractivity contribution is 6.03. The third kappa shape index (κ3) is 4.18. The normalized spacial score (nSPS) is 16.1. The third-order valence-electron chi connectivity index (χ3n) is 5.18. The largest absolute Gasteiger partial charge is 0.318 e. The summed E-state index contributed by atoms with van der Waals surface area (Å²) in [4.78, 5) is 2.55. The lowest BCUT2D eigenvalue weighted by Crippen LogP contribution is -2.35. The van der Waals surface area contributed by atoms with E-state index in [-0.39, 0.29) is 0 Å². The van der Waals surface area contributed by atoms with Crippen LogP contribution in [0.1, 0.15) is 41.8 Å². The van der Waals surface area contributed by atoms with Crippen molar-refractivity contribution in [3.8, 4) is 5.69 Å². The molecule has 1 saturated heterocycles. The van der Waals surface area contributed by atoms with E-state index in [1.54, 1.807) is 0 Å². The van der Waals surface area contributed by atoms with Crippen molar-refractivity contribution in [2.45, 2.75) is 40.0 Å². The minimum absolute atomic E-state index is 0.927. The van der Waals surface area contributed by atoms with Crippen molar-refractivity contribution in [2.75, 3.05) is 33.7 Å². The zero-order valence-electron chi connectivity index (χ0n) is 16.9. The first-order valence-electron chi connectivity index (χ1n) is 9.69. The highest BCUT2D eigenvalue weighted by atomic mass is 15.4. The van der Waals surface area contributed by atoms with Crippen LogP contribution in [0.2, 0.25) is 0 Å². The molecule has 1 fully saturated rings. The van der Waals surface area contributed by atoms with E-state index in [2.05, 4.69) is 60.6 Å². The van der Waals surface area contributed by atoms with Gasteiger partial charge in [-0.05, 0) is 64.9 Å². The van der Waals surface area contributed by atoms with Gasteiger partial charge in [-0.3, -0.25) is 4.90 Å². The predicted octanol–water partition coefficient (Wildman–Crippen LogP) is 4.15. The van der Waals surface area contributed by atoms with Crippen LogP contribution >= 0.6 is 0 Å². The quantitative estimate of drug-likeness (QED) is 0.596. The second-order valence-electron chi connectivity index (χ2n) is 7.69. The third-order valence-corrected chi connectivity index (χ3v) is 5.18. The molecule has 0 unspecified atom stereocenters. The van der Waals surface area contributed by atoms with Crippen molar-refractivity contribution in [2.24, 2.45) is 5.10 Å². The van der Waals surface area contributed by atoms with Crippen molar-refractivity contribution < 1.29 is 0 Å². The first kappa shape index (κ1) is 18.7. The maximum absolute atomic E-state index is 4.86. The molecule has 0 bridgehead atoms. The number of hydrogen-bond acceptors (Lipinski definition) is 3. The van der Waals surface area contributed by atoms with Gasteiger partial charge in [-0.1, -0.05) is 24.1 Å². The molecule has 0 aliphatic carbocycles. The Labute approximate surface area is 158 Å². The molecule has 0 amide bonds. The molecule has 0 saturated carbocycles. The van der Waals surface area contributed by atoms with Gasteiger partial charge >= 0.3 is 0 Å². The number of hydrazone groups is 1. The molecular weight excluding hydrogens is 320 g/mol. The smallest absolute Gasteiger partial charge is 0.0835 e. The van der Waals surface area contributed by atoms with Crippen LogP contribution in [0, 0.1) is 20.8 Å². The van der Waals surface area contributed by atoms with Crippen LogP contribution in [-0.4, -0.2) is 53.9 Å². The molecule has 2 heterocycles. The van der Waals surface area contributed by atoms with Crippen LogP contribution in [-0.2, 0) is 0 Å². The fourth-order valence-electron chi connectivity index (χ4n) is 3.89. The van der Waals surface area contributed by atoms with E-state index in [4.69, 9.17) is 5.10 Å². The Morgan fingerprint density at radius 2 is 1.65 bits per heavy atom. The van der Waals surface area contributed by atoms with Gasteiger partial charge in [0.1, 0.15) is 0 Å². The molecule has 1 aromatic carbocycles. The number of aryl methyl sites for hydroxylation is 2. The Bertz CT molecular complexity index is 762. The zero-order chi connectivity index (χ0) is 18.7. The monoisotopic (exact) mass is 352 g/mol. The highest BCUT2D eigenvalue weighted by Crippen LogP contribution is 2.23. The summed E-state index contributed by atoms with van der Waals surface area (Å²) in [5.41, 5.74) is 7.47. The van der Waals surface area contributed by atoms with Crippen molar-refractivity contribution in [3.05, 3.63) is 52.8 Å². The Kier molecular flexibility index (Phi) is 5.82. The Morgan fingerprint density at radius 1 is 1.00 bits per heavy atom. The summed E-state index contributed by atoms with van der Waals surface area (Å²) in [6.07, 6.45) is 3.97. The summed E-state index contributed by atoms with van der Waals surface area (Å²) >= 11 is 0. The van der Waals surface area contributed by atoms with E-state index in [0.717, 1.165) is 6.54 Å². The maximum atomic E-state index is 4.86. The molecule has 0 atom stereocenters. The van der Waals surface area contributed by atoms with E-state index in [9.17, 15) is 0 Å². The number of likely N-dealkylation sites (tertiary alicyclic amines) is 1. The molecule has 4 heteroatoms. The zero-order valence-corrected chi connectivity index (χ0v) is 16.9. The van der Waals surface area contributed by atoms with Crippen LogP contribution in [0.25, 0.3) is 5.69 Å². The van der Waals surface area contributed by atoms with Gasteiger partial charge < -0.3 is 9.58 Å². The van der Waals surface area contributed by atoms with Crippen LogP contribution in [0.15, 0.2) is 35.4 Å². The molecule has 140 valence electrons. The second-order valence-corrected chi connectivity index (χ2v) is 7.69. The fraction of sp³-hybridized carbons (Fsp3) is 0.500. The van der Waals surface area contributed by atoms with Crippen LogP contribution in [0.5, 0.6) is 0 Å². The second kappa shape index (κ2) is 8.09. The average Bonchev–Trinajstić information content (AvgIpc) is 2.90. The maximum Gasteiger partial charge on any atom is 0.0835 e. The number of benzene rings is 1. The van der Waals surface area contributed by atoms with Gasteiger partial charge in [0.25, 0.3) is 0 Å². The lowest BCUT2D eigenvalue weighted by atomic mass is 10.1. The number of hydrogen-bond donors (Lipinski definition) is 0. The first-order valence-corrected chi connectivity index (χ1v) is 9.69. The molecular formula is C22H32N4. The van der Waals surface area contributed by atoms with Gasteiger partial charge in [0, 0.05) is 43.3 Å². The summed E-state index contributed by atoms with van der Waals surface area (Å²) in [5, 5.41) is 6.79. The van der Waals surface area contributed by atoms with Gasteiger partial charge in [0.05, 0.1) is 5.71 Å². The van der Waals surface area contributed by atoms with E-state index >= 15 is 0 Å². The molecule has 1 aromatic heterocycles. The summed E-state index contributed by atoms with van der Waals surface area (Å²) in [6.45, 7) is 9.82. The Hall–Kier alpha value is -2.07. The van der Waals surface area contributed by atoms with Gasteiger partial charge in [0.2, 0.25) is 0 Å². The van der Waals surface area contributed by atoms with Crippen LogP contribution < -0.4 is 0 Å². The SMILES string of the molecule is Cc1ccc(-n2c(C)cc(/C(CN3CCCCC3)=N\N(C)C)c2C)cc1. The highest BCUT2D eigenvalue weighted by Gasteiger charge is 2.19. The Morgan fingerprint density at radius 3 is 2.27 bits per heavy atom. The molecule has 4 nitrogen and oxygen atoms in total. The molecule has 0 N–H and O–H groups in total. The molecule has 3 rings (SSSR count). The van der Waals surface area contributed by atoms with Crippen LogP contribution in [0.4, 0.5) is 0 Å². The average molecular weight is 353 g/mol. The molecule has 2 aromatic rings. The number of rotatable bonds is 5. The number of aromatic nitrogens is 1. The van der Waals surface area contributed by atoms with E-state index in [1.807, 2.05) is 19.1 Å². The minimum atomic E-state index is 0.927. The molecule has 1 aliphatic heterocycles. The predicted molar refractivity (Wildman–Crippen MR) is 110 cm³/mol. The summed E-state index contributed by atoms with van der Waals surface area (Å²) in [6, 6.07) is 11.0. The van der Waals surface area contributed by atoms with E-state index in [1.165, 1.54) is 66.3 Å². The van der Waals surface area contributed by atoms with E-state index < -0.39 is 0 Å². The van der Waals surface area contributed by atoms with Gasteiger partial charge in [-0.15, -0.1) is 0 Å². The van der Waals surface area contributed by atoms with E-state index in [0.29, 0.717) is 0 Å². The van der Waals surface area contributed by atoms with Crippen molar-refractivity contribution in [1.82, 2.24) is 14.5 Å². The molecule has 0 spiro atoms. The van der Waals surface area contributed by atoms with Crippen LogP contribution in [0.3, 0.4) is 0 Å². The minimum Gasteiger partial charge on any atom is -0.318 e. The van der Waals surface area contributed by atoms with Crippen molar-refractivity contribution in [1.29, 1.82) is 0 Å². The Balaban J connectivity index is 1.96. The first-order chi connectivity index (χ1) is 12.5. The fourth-order valence-corrected chi connectivity index (χ4v) is 3.89. The topological polar surface area (TPSA) is 23.8 Å². The van der Waals surface area contributed by atoms with Gasteiger partial charge in [0.15, 0.2) is 0 Å². The number of nitrogens with zero attached hydrogens (tertiary/aromatic N) is 4. The standard InChI is InChI=1S/C22H32N4/c1-17-9-11-20(12-10-17)26-18(2)15-21(19(26)3)22(23-24(4)5)16-25-13-7-6-8-14-25/h9-12,15H,6-8,13-14,16H2,1-5H3/b23-22-. The van der Waals surface area contributed by atoms with Crippen molar-refractivity contribution >= 4 is 5.71 Å². The summed E-state index contributed by atoms with van der Waals surface area (Å²) in [7, 11) is 4.02. The van der Waals surface area contributed by atoms with Gasteiger partial charge in [-0.25, -0.2) is 0 Å². The molecule has 0 radical (unpaired) electrons. The number of piperidine rings is 1. The summed E-state index contributed by atoms with van der Waals surface area (Å²) in [5.74, 6) is 0.